The molecule has 1 aromatic carbocycles. The fourth-order valence-corrected chi connectivity index (χ4v) is 4.81. The Morgan fingerprint density at radius 3 is 3.00 bits per heavy atom. The summed E-state index contributed by atoms with van der Waals surface area (Å²) in [6.45, 7) is 0.830. The van der Waals surface area contributed by atoms with Crippen LogP contribution in [0.3, 0.4) is 0 Å². The minimum absolute atomic E-state index is 0.413. The number of para-hydroxylation sites is 1. The summed E-state index contributed by atoms with van der Waals surface area (Å²) in [6, 6.07) is 8.87. The SMILES string of the molecule is NNC(CC1CCOc2ccccc21)C1CCCCS1. The van der Waals surface area contributed by atoms with Gasteiger partial charge >= 0.3 is 0 Å². The maximum Gasteiger partial charge on any atom is 0.122 e. The minimum Gasteiger partial charge on any atom is -0.493 e. The van der Waals surface area contributed by atoms with E-state index >= 15 is 0 Å². The van der Waals surface area contributed by atoms with Gasteiger partial charge in [0.2, 0.25) is 0 Å². The highest BCUT2D eigenvalue weighted by atomic mass is 32.2. The Morgan fingerprint density at radius 2 is 2.20 bits per heavy atom. The zero-order chi connectivity index (χ0) is 13.8. The van der Waals surface area contributed by atoms with Crippen molar-refractivity contribution >= 4 is 11.8 Å². The van der Waals surface area contributed by atoms with Crippen LogP contribution >= 0.6 is 11.8 Å². The highest BCUT2D eigenvalue weighted by molar-refractivity contribution is 8.00. The number of hydrogen-bond donors (Lipinski definition) is 2. The maximum atomic E-state index is 5.85. The molecule has 0 radical (unpaired) electrons. The fraction of sp³-hybridized carbons (Fsp3) is 0.625. The number of hydrazine groups is 1. The number of nitrogens with two attached hydrogens (primary N) is 1. The van der Waals surface area contributed by atoms with Crippen LogP contribution in [0.1, 0.15) is 43.6 Å². The van der Waals surface area contributed by atoms with E-state index in [1.165, 1.54) is 30.6 Å². The molecule has 3 N–H and O–H groups in total. The van der Waals surface area contributed by atoms with Crippen molar-refractivity contribution in [2.24, 2.45) is 5.84 Å². The van der Waals surface area contributed by atoms with Crippen LogP contribution in [-0.2, 0) is 0 Å². The molecule has 1 saturated heterocycles. The number of nitrogens with one attached hydrogen (secondary N) is 1. The number of fused-ring (bicyclic) bond motifs is 1. The lowest BCUT2D eigenvalue weighted by Gasteiger charge is -2.34. The van der Waals surface area contributed by atoms with Gasteiger partial charge in [-0.3, -0.25) is 11.3 Å². The van der Waals surface area contributed by atoms with Crippen LogP contribution in [0, 0.1) is 0 Å². The van der Waals surface area contributed by atoms with Gasteiger partial charge in [0.25, 0.3) is 0 Å². The molecule has 3 unspecified atom stereocenters. The van der Waals surface area contributed by atoms with Crippen LogP contribution in [0.4, 0.5) is 0 Å². The molecule has 110 valence electrons. The predicted molar refractivity (Wildman–Crippen MR) is 85.1 cm³/mol. The average Bonchev–Trinajstić information content (AvgIpc) is 2.53. The molecule has 2 aliphatic rings. The average molecular weight is 292 g/mol. The van der Waals surface area contributed by atoms with E-state index in [9.17, 15) is 0 Å². The predicted octanol–water partition coefficient (Wildman–Crippen LogP) is 3.06. The van der Waals surface area contributed by atoms with Crippen LogP contribution in [0.25, 0.3) is 0 Å². The van der Waals surface area contributed by atoms with E-state index in [0.717, 1.165) is 25.2 Å². The molecule has 0 amide bonds. The topological polar surface area (TPSA) is 47.3 Å². The van der Waals surface area contributed by atoms with Crippen molar-refractivity contribution in [2.45, 2.75) is 49.3 Å². The first-order valence-corrected chi connectivity index (χ1v) is 8.73. The molecule has 3 atom stereocenters. The second-order valence-electron chi connectivity index (χ2n) is 5.79. The Labute approximate surface area is 125 Å². The van der Waals surface area contributed by atoms with Gasteiger partial charge in [0.05, 0.1) is 6.61 Å². The molecule has 20 heavy (non-hydrogen) atoms. The minimum atomic E-state index is 0.413. The van der Waals surface area contributed by atoms with Crippen molar-refractivity contribution in [1.82, 2.24) is 5.43 Å². The van der Waals surface area contributed by atoms with Gasteiger partial charge in [-0.25, -0.2) is 0 Å². The third-order valence-electron chi connectivity index (χ3n) is 4.50. The van der Waals surface area contributed by atoms with E-state index in [0.29, 0.717) is 17.2 Å². The Balaban J connectivity index is 1.70. The van der Waals surface area contributed by atoms with Crippen LogP contribution in [0.2, 0.25) is 0 Å². The summed E-state index contributed by atoms with van der Waals surface area (Å²) in [6.07, 6.45) is 6.23. The molecule has 0 aromatic heterocycles. The van der Waals surface area contributed by atoms with E-state index in [4.69, 9.17) is 10.6 Å². The van der Waals surface area contributed by atoms with E-state index in [1.54, 1.807) is 0 Å². The Bertz CT molecular complexity index is 434. The molecule has 0 saturated carbocycles. The summed E-state index contributed by atoms with van der Waals surface area (Å²) in [5, 5.41) is 0.670. The Morgan fingerprint density at radius 1 is 1.30 bits per heavy atom. The number of benzene rings is 1. The monoisotopic (exact) mass is 292 g/mol. The van der Waals surface area contributed by atoms with Crippen LogP contribution < -0.4 is 16.0 Å². The lowest BCUT2D eigenvalue weighted by molar-refractivity contribution is 0.253. The molecule has 3 rings (SSSR count). The van der Waals surface area contributed by atoms with Gasteiger partial charge in [-0.1, -0.05) is 24.6 Å². The van der Waals surface area contributed by atoms with Gasteiger partial charge in [0.1, 0.15) is 5.75 Å². The van der Waals surface area contributed by atoms with Gasteiger partial charge in [-0.05, 0) is 49.0 Å². The fourth-order valence-electron chi connectivity index (χ4n) is 3.38. The summed E-state index contributed by atoms with van der Waals surface area (Å²) in [4.78, 5) is 0. The zero-order valence-electron chi connectivity index (χ0n) is 11.9. The lowest BCUT2D eigenvalue weighted by Crippen LogP contribution is -2.44. The van der Waals surface area contributed by atoms with Crippen molar-refractivity contribution in [3.05, 3.63) is 29.8 Å². The first-order chi connectivity index (χ1) is 9.88. The molecule has 1 fully saturated rings. The molecule has 2 heterocycles. The van der Waals surface area contributed by atoms with Crippen LogP contribution in [-0.4, -0.2) is 23.7 Å². The molecular formula is C16H24N2OS. The van der Waals surface area contributed by atoms with Gasteiger partial charge in [0, 0.05) is 11.3 Å². The second-order valence-corrected chi connectivity index (χ2v) is 7.13. The highest BCUT2D eigenvalue weighted by Gasteiger charge is 2.29. The van der Waals surface area contributed by atoms with Crippen molar-refractivity contribution in [1.29, 1.82) is 0 Å². The van der Waals surface area contributed by atoms with E-state index < -0.39 is 0 Å². The van der Waals surface area contributed by atoms with Crippen LogP contribution in [0.5, 0.6) is 5.75 Å². The maximum absolute atomic E-state index is 5.85. The molecule has 0 spiro atoms. The van der Waals surface area contributed by atoms with E-state index in [1.807, 2.05) is 0 Å². The number of ether oxygens (including phenoxy) is 1. The van der Waals surface area contributed by atoms with Crippen LogP contribution in [0.15, 0.2) is 24.3 Å². The first-order valence-electron chi connectivity index (χ1n) is 7.68. The van der Waals surface area contributed by atoms with Crippen molar-refractivity contribution in [3.8, 4) is 5.75 Å². The summed E-state index contributed by atoms with van der Waals surface area (Å²) < 4.78 is 5.76. The van der Waals surface area contributed by atoms with Gasteiger partial charge in [-0.15, -0.1) is 0 Å². The molecule has 1 aromatic rings. The third kappa shape index (κ3) is 3.13. The van der Waals surface area contributed by atoms with Crippen molar-refractivity contribution < 1.29 is 4.74 Å². The number of rotatable bonds is 4. The van der Waals surface area contributed by atoms with E-state index in [2.05, 4.69) is 41.5 Å². The number of hydrogen-bond acceptors (Lipinski definition) is 4. The summed E-state index contributed by atoms with van der Waals surface area (Å²) in [7, 11) is 0. The molecule has 4 heteroatoms. The molecule has 3 nitrogen and oxygen atoms in total. The first kappa shape index (κ1) is 14.2. The zero-order valence-corrected chi connectivity index (χ0v) is 12.7. The molecule has 0 bridgehead atoms. The third-order valence-corrected chi connectivity index (χ3v) is 6.02. The quantitative estimate of drug-likeness (QED) is 0.661. The smallest absolute Gasteiger partial charge is 0.122 e. The normalized spacial score (nSPS) is 27.4. The van der Waals surface area contributed by atoms with Crippen molar-refractivity contribution in [3.63, 3.8) is 0 Å². The molecular weight excluding hydrogens is 268 g/mol. The Kier molecular flexibility index (Phi) is 4.86. The lowest BCUT2D eigenvalue weighted by atomic mass is 9.86. The number of thioether (sulfide) groups is 1. The highest BCUT2D eigenvalue weighted by Crippen LogP contribution is 2.38. The van der Waals surface area contributed by atoms with Gasteiger partial charge in [-0.2, -0.15) is 11.8 Å². The van der Waals surface area contributed by atoms with E-state index in [-0.39, 0.29) is 0 Å². The second kappa shape index (κ2) is 6.83. The largest absolute Gasteiger partial charge is 0.493 e. The summed E-state index contributed by atoms with van der Waals surface area (Å²) in [5.41, 5.74) is 4.45. The standard InChI is InChI=1S/C16H24N2OS/c17-18-14(16-7-3-4-10-20-16)11-12-8-9-19-15-6-2-1-5-13(12)15/h1-2,5-6,12,14,16,18H,3-4,7-11,17H2. The van der Waals surface area contributed by atoms with Gasteiger partial charge < -0.3 is 4.74 Å². The Hall–Kier alpha value is -0.710. The summed E-state index contributed by atoms with van der Waals surface area (Å²) in [5.74, 6) is 8.77. The molecule has 2 aliphatic heterocycles. The van der Waals surface area contributed by atoms with Crippen molar-refractivity contribution in [2.75, 3.05) is 12.4 Å². The summed E-state index contributed by atoms with van der Waals surface area (Å²) >= 11 is 2.09. The van der Waals surface area contributed by atoms with Gasteiger partial charge in [0.15, 0.2) is 0 Å². The molecule has 0 aliphatic carbocycles.